The molecule has 0 aromatic heterocycles. The van der Waals surface area contributed by atoms with Gasteiger partial charge in [-0.3, -0.25) is 4.90 Å². The van der Waals surface area contributed by atoms with Crippen LogP contribution in [0, 0.1) is 0 Å². The molecule has 0 fully saturated rings. The second kappa shape index (κ2) is 6.51. The molecule has 0 saturated carbocycles. The van der Waals surface area contributed by atoms with Crippen molar-refractivity contribution >= 4 is 0 Å². The first-order valence-corrected chi connectivity index (χ1v) is 5.76. The normalized spacial score (nSPS) is 11.1. The van der Waals surface area contributed by atoms with E-state index in [9.17, 15) is 0 Å². The molecule has 0 atom stereocenters. The Bertz CT molecular complexity index is 295. The van der Waals surface area contributed by atoms with Crippen LogP contribution in [0.4, 0.5) is 0 Å². The van der Waals surface area contributed by atoms with Crippen molar-refractivity contribution in [2.24, 2.45) is 5.73 Å². The smallest absolute Gasteiger partial charge is 0.119 e. The monoisotopic (exact) mass is 222 g/mol. The molecule has 1 rings (SSSR count). The molecule has 2 N–H and O–H groups in total. The number of likely N-dealkylation sites (N-methyl/N-ethyl adjacent to an activating group) is 1. The van der Waals surface area contributed by atoms with Gasteiger partial charge in [0.1, 0.15) is 5.75 Å². The van der Waals surface area contributed by atoms with Crippen molar-refractivity contribution in [2.75, 3.05) is 20.3 Å². The second-order valence-corrected chi connectivity index (χ2v) is 4.32. The van der Waals surface area contributed by atoms with Gasteiger partial charge in [0, 0.05) is 13.2 Å². The molecule has 3 heteroatoms. The van der Waals surface area contributed by atoms with Gasteiger partial charge < -0.3 is 10.5 Å². The van der Waals surface area contributed by atoms with E-state index in [1.807, 2.05) is 33.0 Å². The van der Waals surface area contributed by atoms with Gasteiger partial charge in [0.05, 0.1) is 6.10 Å². The molecule has 0 radical (unpaired) electrons. The zero-order chi connectivity index (χ0) is 12.0. The predicted octanol–water partition coefficient (Wildman–Crippen LogP) is 1.86. The first-order valence-electron chi connectivity index (χ1n) is 5.76. The Hall–Kier alpha value is -1.06. The average molecular weight is 222 g/mol. The molecule has 90 valence electrons. The van der Waals surface area contributed by atoms with Crippen LogP contribution in [0.5, 0.6) is 5.75 Å². The third kappa shape index (κ3) is 4.64. The fourth-order valence-electron chi connectivity index (χ4n) is 1.42. The summed E-state index contributed by atoms with van der Waals surface area (Å²) in [5.41, 5.74) is 6.84. The number of benzene rings is 1. The maximum atomic E-state index is 5.59. The lowest BCUT2D eigenvalue weighted by molar-refractivity contribution is 0.242. The fraction of sp³-hybridized carbons (Fsp3) is 0.538. The third-order valence-electron chi connectivity index (χ3n) is 2.39. The maximum Gasteiger partial charge on any atom is 0.119 e. The molecule has 0 aliphatic heterocycles. The Morgan fingerprint density at radius 1 is 1.25 bits per heavy atom. The number of rotatable bonds is 6. The van der Waals surface area contributed by atoms with Crippen LogP contribution in [0.1, 0.15) is 19.4 Å². The van der Waals surface area contributed by atoms with E-state index in [0.717, 1.165) is 18.7 Å². The largest absolute Gasteiger partial charge is 0.491 e. The van der Waals surface area contributed by atoms with Crippen molar-refractivity contribution in [3.8, 4) is 5.75 Å². The zero-order valence-corrected chi connectivity index (χ0v) is 10.4. The number of hydrogen-bond acceptors (Lipinski definition) is 3. The minimum atomic E-state index is 0.231. The van der Waals surface area contributed by atoms with Crippen LogP contribution >= 0.6 is 0 Å². The van der Waals surface area contributed by atoms with Gasteiger partial charge in [-0.2, -0.15) is 0 Å². The van der Waals surface area contributed by atoms with Crippen molar-refractivity contribution < 1.29 is 4.74 Å². The second-order valence-electron chi connectivity index (χ2n) is 4.32. The molecule has 3 nitrogen and oxygen atoms in total. The minimum Gasteiger partial charge on any atom is -0.491 e. The molecule has 1 aromatic carbocycles. The molecule has 0 bridgehead atoms. The van der Waals surface area contributed by atoms with E-state index in [2.05, 4.69) is 17.0 Å². The van der Waals surface area contributed by atoms with Crippen molar-refractivity contribution in [3.63, 3.8) is 0 Å². The third-order valence-corrected chi connectivity index (χ3v) is 2.39. The first-order chi connectivity index (χ1) is 7.61. The fourth-order valence-corrected chi connectivity index (χ4v) is 1.42. The van der Waals surface area contributed by atoms with E-state index in [0.29, 0.717) is 6.67 Å². The molecule has 16 heavy (non-hydrogen) atoms. The van der Waals surface area contributed by atoms with E-state index in [1.165, 1.54) is 5.56 Å². The van der Waals surface area contributed by atoms with Crippen LogP contribution in [0.3, 0.4) is 0 Å². The van der Waals surface area contributed by atoms with Gasteiger partial charge in [0.25, 0.3) is 0 Å². The van der Waals surface area contributed by atoms with Crippen molar-refractivity contribution in [1.82, 2.24) is 4.90 Å². The number of ether oxygens (including phenoxy) is 1. The highest BCUT2D eigenvalue weighted by Gasteiger charge is 1.99. The lowest BCUT2D eigenvalue weighted by Crippen LogP contribution is -2.27. The Labute approximate surface area is 98.2 Å². The Kier molecular flexibility index (Phi) is 5.29. The molecule has 0 amide bonds. The molecule has 0 aliphatic rings. The van der Waals surface area contributed by atoms with Gasteiger partial charge >= 0.3 is 0 Å². The van der Waals surface area contributed by atoms with E-state index in [4.69, 9.17) is 10.5 Å². The summed E-state index contributed by atoms with van der Waals surface area (Å²) in [6.07, 6.45) is 1.25. The van der Waals surface area contributed by atoms with E-state index in [-0.39, 0.29) is 6.10 Å². The minimum absolute atomic E-state index is 0.231. The van der Waals surface area contributed by atoms with Gasteiger partial charge in [-0.1, -0.05) is 12.1 Å². The summed E-state index contributed by atoms with van der Waals surface area (Å²) in [4.78, 5) is 2.10. The van der Waals surface area contributed by atoms with Gasteiger partial charge in [-0.25, -0.2) is 0 Å². The molecule has 0 heterocycles. The number of nitrogens with zero attached hydrogens (tertiary/aromatic N) is 1. The summed E-state index contributed by atoms with van der Waals surface area (Å²) >= 11 is 0. The number of nitrogens with two attached hydrogens (primary N) is 1. The summed E-state index contributed by atoms with van der Waals surface area (Å²) in [6.45, 7) is 5.66. The topological polar surface area (TPSA) is 38.5 Å². The first kappa shape index (κ1) is 13.0. The van der Waals surface area contributed by atoms with Crippen LogP contribution in [-0.2, 0) is 6.42 Å². The molecule has 0 spiro atoms. The van der Waals surface area contributed by atoms with Gasteiger partial charge in [-0.05, 0) is 45.0 Å². The summed E-state index contributed by atoms with van der Waals surface area (Å²) in [5.74, 6) is 0.936. The molecule has 0 unspecified atom stereocenters. The van der Waals surface area contributed by atoms with Crippen LogP contribution in [0.25, 0.3) is 0 Å². The summed E-state index contributed by atoms with van der Waals surface area (Å²) < 4.78 is 5.59. The maximum absolute atomic E-state index is 5.59. The summed E-state index contributed by atoms with van der Waals surface area (Å²) in [6, 6.07) is 8.28. The van der Waals surface area contributed by atoms with Gasteiger partial charge in [0.2, 0.25) is 0 Å². The van der Waals surface area contributed by atoms with Crippen molar-refractivity contribution in [2.45, 2.75) is 26.4 Å². The Morgan fingerprint density at radius 3 is 2.38 bits per heavy atom. The van der Waals surface area contributed by atoms with Gasteiger partial charge in [0.15, 0.2) is 0 Å². The van der Waals surface area contributed by atoms with Crippen LogP contribution in [0.2, 0.25) is 0 Å². The number of hydrogen-bond donors (Lipinski definition) is 1. The SMILES string of the molecule is CC(C)Oc1ccc(CCN(C)CN)cc1. The van der Waals surface area contributed by atoms with E-state index >= 15 is 0 Å². The van der Waals surface area contributed by atoms with E-state index in [1.54, 1.807) is 0 Å². The van der Waals surface area contributed by atoms with Crippen molar-refractivity contribution in [3.05, 3.63) is 29.8 Å². The standard InChI is InChI=1S/C13H22N2O/c1-11(2)16-13-6-4-12(5-7-13)8-9-15(3)10-14/h4-7,11H,8-10,14H2,1-3H3. The van der Waals surface area contributed by atoms with Crippen LogP contribution in [-0.4, -0.2) is 31.3 Å². The highest BCUT2D eigenvalue weighted by atomic mass is 16.5. The zero-order valence-electron chi connectivity index (χ0n) is 10.4. The quantitative estimate of drug-likeness (QED) is 0.747. The molecular weight excluding hydrogens is 200 g/mol. The molecule has 0 saturated heterocycles. The van der Waals surface area contributed by atoms with Crippen LogP contribution < -0.4 is 10.5 Å². The molecule has 0 aliphatic carbocycles. The predicted molar refractivity (Wildman–Crippen MR) is 67.6 cm³/mol. The Balaban J connectivity index is 2.45. The lowest BCUT2D eigenvalue weighted by atomic mass is 10.1. The van der Waals surface area contributed by atoms with Crippen molar-refractivity contribution in [1.29, 1.82) is 0 Å². The molecular formula is C13H22N2O. The average Bonchev–Trinajstić information content (AvgIpc) is 2.27. The van der Waals surface area contributed by atoms with Gasteiger partial charge in [-0.15, -0.1) is 0 Å². The highest BCUT2D eigenvalue weighted by molar-refractivity contribution is 5.27. The van der Waals surface area contributed by atoms with E-state index < -0.39 is 0 Å². The van der Waals surface area contributed by atoms with Crippen LogP contribution in [0.15, 0.2) is 24.3 Å². The Morgan fingerprint density at radius 2 is 1.88 bits per heavy atom. The summed E-state index contributed by atoms with van der Waals surface area (Å²) in [7, 11) is 2.02. The summed E-state index contributed by atoms with van der Waals surface area (Å²) in [5, 5.41) is 0. The molecule has 1 aromatic rings. The highest BCUT2D eigenvalue weighted by Crippen LogP contribution is 2.14. The lowest BCUT2D eigenvalue weighted by Gasteiger charge is -2.14.